The molecule has 2 rings (SSSR count). The summed E-state index contributed by atoms with van der Waals surface area (Å²) in [6.07, 6.45) is -4.17. The minimum atomic E-state index is -4.38. The van der Waals surface area contributed by atoms with E-state index in [1.807, 2.05) is 0 Å². The number of benzene rings is 1. The molecule has 1 aromatic carbocycles. The maximum atomic E-state index is 13.9. The Labute approximate surface area is 178 Å². The van der Waals surface area contributed by atoms with E-state index in [0.29, 0.717) is 24.7 Å². The van der Waals surface area contributed by atoms with Crippen LogP contribution in [0, 0.1) is 5.82 Å². The van der Waals surface area contributed by atoms with Crippen LogP contribution in [-0.2, 0) is 0 Å². The first-order valence-corrected chi connectivity index (χ1v) is 10.0. The van der Waals surface area contributed by atoms with Crippen LogP contribution >= 0.6 is 35.0 Å². The molecule has 0 aliphatic carbocycles. The van der Waals surface area contributed by atoms with Gasteiger partial charge in [0.25, 0.3) is 0 Å². The quantitative estimate of drug-likeness (QED) is 0.255. The number of nitrogens with zero attached hydrogens (tertiary/aromatic N) is 2. The van der Waals surface area contributed by atoms with Gasteiger partial charge < -0.3 is 10.1 Å². The predicted octanol–water partition coefficient (Wildman–Crippen LogP) is 6.49. The Bertz CT molecular complexity index is 839. The van der Waals surface area contributed by atoms with Crippen molar-refractivity contribution in [3.8, 4) is 5.75 Å². The molecule has 1 heterocycles. The number of alkyl halides is 4. The molecule has 29 heavy (non-hydrogen) atoms. The van der Waals surface area contributed by atoms with Gasteiger partial charge >= 0.3 is 6.18 Å². The molecule has 1 N–H and O–H groups in total. The van der Waals surface area contributed by atoms with Crippen LogP contribution in [-0.4, -0.2) is 35.0 Å². The van der Waals surface area contributed by atoms with E-state index >= 15 is 0 Å². The fourth-order valence-electron chi connectivity index (χ4n) is 2.14. The third-order valence-corrected chi connectivity index (χ3v) is 5.36. The molecule has 1 unspecified atom stereocenters. The van der Waals surface area contributed by atoms with E-state index in [-0.39, 0.29) is 38.8 Å². The Balaban J connectivity index is 1.88. The standard InChI is InChI=1S/C17H16Cl2F5N3OS/c1-9(20)15-14(19)16(27-8-26-15)25-3-2-4-28-12-6-13(10(18)5-11(12)21)29-7-17(22,23)24/h5-6,8-9H,2-4,7H2,1H3,(H,25,26,27). The number of rotatable bonds is 9. The molecule has 12 heteroatoms. The molecule has 0 spiro atoms. The van der Waals surface area contributed by atoms with E-state index in [2.05, 4.69) is 15.3 Å². The molecule has 1 atom stereocenters. The minimum Gasteiger partial charge on any atom is -0.490 e. The van der Waals surface area contributed by atoms with Crippen molar-refractivity contribution in [1.82, 2.24) is 9.97 Å². The van der Waals surface area contributed by atoms with Gasteiger partial charge in [-0.1, -0.05) is 23.2 Å². The average molecular weight is 476 g/mol. The second-order valence-electron chi connectivity index (χ2n) is 5.78. The molecular formula is C17H16Cl2F5N3OS. The van der Waals surface area contributed by atoms with Gasteiger partial charge in [0, 0.05) is 11.4 Å². The number of halogens is 7. The van der Waals surface area contributed by atoms with Crippen molar-refractivity contribution < 1.29 is 26.7 Å². The van der Waals surface area contributed by atoms with Crippen molar-refractivity contribution >= 4 is 40.8 Å². The van der Waals surface area contributed by atoms with Crippen LogP contribution in [0.3, 0.4) is 0 Å². The number of ether oxygens (including phenoxy) is 1. The van der Waals surface area contributed by atoms with Crippen molar-refractivity contribution in [2.75, 3.05) is 24.2 Å². The van der Waals surface area contributed by atoms with E-state index in [1.54, 1.807) is 0 Å². The molecule has 4 nitrogen and oxygen atoms in total. The van der Waals surface area contributed by atoms with Gasteiger partial charge in [0.05, 0.1) is 23.1 Å². The monoisotopic (exact) mass is 475 g/mol. The molecule has 0 bridgehead atoms. The molecule has 0 saturated carbocycles. The van der Waals surface area contributed by atoms with E-state index in [0.717, 1.165) is 12.1 Å². The Morgan fingerprint density at radius 3 is 2.62 bits per heavy atom. The zero-order valence-electron chi connectivity index (χ0n) is 15.0. The van der Waals surface area contributed by atoms with Crippen molar-refractivity contribution in [2.45, 2.75) is 30.6 Å². The molecule has 0 aliphatic rings. The summed E-state index contributed by atoms with van der Waals surface area (Å²) in [5.74, 6) is -1.88. The summed E-state index contributed by atoms with van der Waals surface area (Å²) < 4.78 is 69.7. The summed E-state index contributed by atoms with van der Waals surface area (Å²) in [6, 6.07) is 2.05. The third kappa shape index (κ3) is 7.35. The lowest BCUT2D eigenvalue weighted by Crippen LogP contribution is -2.11. The second kappa shape index (κ2) is 10.5. The summed E-state index contributed by atoms with van der Waals surface area (Å²) in [5.41, 5.74) is 0.0625. The lowest BCUT2D eigenvalue weighted by atomic mass is 10.3. The van der Waals surface area contributed by atoms with Crippen molar-refractivity contribution in [1.29, 1.82) is 0 Å². The van der Waals surface area contributed by atoms with Gasteiger partial charge in [0.2, 0.25) is 0 Å². The van der Waals surface area contributed by atoms with Gasteiger partial charge in [0.15, 0.2) is 11.6 Å². The number of anilines is 1. The van der Waals surface area contributed by atoms with Gasteiger partial charge in [-0.25, -0.2) is 18.7 Å². The van der Waals surface area contributed by atoms with Crippen LogP contribution in [0.25, 0.3) is 0 Å². The van der Waals surface area contributed by atoms with Crippen molar-refractivity contribution in [2.24, 2.45) is 0 Å². The lowest BCUT2D eigenvalue weighted by molar-refractivity contribution is -0.105. The Hall–Kier alpha value is -1.52. The van der Waals surface area contributed by atoms with Crippen LogP contribution in [0.4, 0.5) is 27.8 Å². The molecule has 0 amide bonds. The smallest absolute Gasteiger partial charge is 0.398 e. The number of hydrogen-bond donors (Lipinski definition) is 1. The topological polar surface area (TPSA) is 47.0 Å². The largest absolute Gasteiger partial charge is 0.490 e. The Morgan fingerprint density at radius 2 is 1.97 bits per heavy atom. The SMILES string of the molecule is CC(F)c1ncnc(NCCCOc2cc(SCC(F)(F)F)c(Cl)cc2F)c1Cl. The van der Waals surface area contributed by atoms with E-state index in [9.17, 15) is 22.0 Å². The first-order chi connectivity index (χ1) is 13.6. The maximum Gasteiger partial charge on any atom is 0.398 e. The molecule has 0 saturated heterocycles. The van der Waals surface area contributed by atoms with Gasteiger partial charge in [-0.15, -0.1) is 11.8 Å². The van der Waals surface area contributed by atoms with Crippen molar-refractivity contribution in [3.63, 3.8) is 0 Å². The summed E-state index contributed by atoms with van der Waals surface area (Å²) in [6.45, 7) is 1.68. The first-order valence-electron chi connectivity index (χ1n) is 8.28. The molecule has 160 valence electrons. The number of thioether (sulfide) groups is 1. The summed E-state index contributed by atoms with van der Waals surface area (Å²) >= 11 is 12.3. The molecule has 0 fully saturated rings. The summed E-state index contributed by atoms with van der Waals surface area (Å²) in [7, 11) is 0. The highest BCUT2D eigenvalue weighted by Crippen LogP contribution is 2.36. The van der Waals surface area contributed by atoms with Crippen LogP contribution in [0.2, 0.25) is 10.0 Å². The molecular weight excluding hydrogens is 460 g/mol. The molecule has 1 aromatic heterocycles. The maximum absolute atomic E-state index is 13.9. The van der Waals surface area contributed by atoms with Gasteiger partial charge in [-0.2, -0.15) is 13.2 Å². The number of aromatic nitrogens is 2. The highest BCUT2D eigenvalue weighted by Gasteiger charge is 2.28. The fourth-order valence-corrected chi connectivity index (χ4v) is 3.47. The normalized spacial score (nSPS) is 12.7. The van der Waals surface area contributed by atoms with Crippen LogP contribution in [0.5, 0.6) is 5.75 Å². The first kappa shape index (κ1) is 23.8. The summed E-state index contributed by atoms with van der Waals surface area (Å²) in [4.78, 5) is 7.76. The van der Waals surface area contributed by atoms with E-state index in [1.165, 1.54) is 13.3 Å². The van der Waals surface area contributed by atoms with Crippen LogP contribution < -0.4 is 10.1 Å². The highest BCUT2D eigenvalue weighted by molar-refractivity contribution is 7.99. The molecule has 2 aromatic rings. The van der Waals surface area contributed by atoms with Gasteiger partial charge in [-0.05, 0) is 25.5 Å². The third-order valence-electron chi connectivity index (χ3n) is 3.44. The van der Waals surface area contributed by atoms with E-state index in [4.69, 9.17) is 27.9 Å². The fraction of sp³-hybridized carbons (Fsp3) is 0.412. The van der Waals surface area contributed by atoms with Crippen LogP contribution in [0.15, 0.2) is 23.4 Å². The summed E-state index contributed by atoms with van der Waals surface area (Å²) in [5, 5.41) is 2.84. The number of hydrogen-bond acceptors (Lipinski definition) is 5. The zero-order chi connectivity index (χ0) is 21.6. The highest BCUT2D eigenvalue weighted by atomic mass is 35.5. The average Bonchev–Trinajstić information content (AvgIpc) is 2.62. The second-order valence-corrected chi connectivity index (χ2v) is 7.59. The van der Waals surface area contributed by atoms with Gasteiger partial charge in [-0.3, -0.25) is 0 Å². The van der Waals surface area contributed by atoms with Gasteiger partial charge in [0.1, 0.15) is 23.3 Å². The molecule has 0 radical (unpaired) electrons. The van der Waals surface area contributed by atoms with Crippen molar-refractivity contribution in [3.05, 3.63) is 40.0 Å². The van der Waals surface area contributed by atoms with Crippen LogP contribution in [0.1, 0.15) is 25.2 Å². The Kier molecular flexibility index (Phi) is 8.59. The molecule has 0 aliphatic heterocycles. The minimum absolute atomic E-state index is 0.0595. The zero-order valence-corrected chi connectivity index (χ0v) is 17.3. The predicted molar refractivity (Wildman–Crippen MR) is 103 cm³/mol. The Morgan fingerprint density at radius 1 is 1.24 bits per heavy atom. The number of nitrogens with one attached hydrogen (secondary N) is 1. The lowest BCUT2D eigenvalue weighted by Gasteiger charge is -2.13. The van der Waals surface area contributed by atoms with E-state index < -0.39 is 23.9 Å².